The molecule has 1 atom stereocenters. The van der Waals surface area contributed by atoms with Crippen molar-refractivity contribution in [2.45, 2.75) is 18.2 Å². The second kappa shape index (κ2) is 11.1. The normalized spacial score (nSPS) is 11.7. The highest BCUT2D eigenvalue weighted by Gasteiger charge is 2.21. The van der Waals surface area contributed by atoms with E-state index in [2.05, 4.69) is 10.2 Å². The van der Waals surface area contributed by atoms with Crippen LogP contribution >= 0.6 is 23.4 Å². The molecule has 0 saturated heterocycles. The first-order valence-electron chi connectivity index (χ1n) is 10.5. The molecule has 0 aliphatic rings. The minimum absolute atomic E-state index is 0.359. The fraction of sp³-hybridized carbons (Fsp3) is 0.200. The molecule has 0 radical (unpaired) electrons. The molecule has 33 heavy (non-hydrogen) atoms. The van der Waals surface area contributed by atoms with Gasteiger partial charge in [-0.05, 0) is 55.5 Å². The van der Waals surface area contributed by atoms with Gasteiger partial charge in [0.25, 0.3) is 0 Å². The quantitative estimate of drug-likeness (QED) is 0.197. The minimum Gasteiger partial charge on any atom is -0.497 e. The average Bonchev–Trinajstić information content (AvgIpc) is 3.28. The van der Waals surface area contributed by atoms with Crippen LogP contribution in [0.25, 0.3) is 5.69 Å². The summed E-state index contributed by atoms with van der Waals surface area (Å²) in [5, 5.41) is 10.2. The van der Waals surface area contributed by atoms with E-state index in [-0.39, 0.29) is 6.10 Å². The van der Waals surface area contributed by atoms with Crippen LogP contribution in [0, 0.1) is 0 Å². The second-order valence-corrected chi connectivity index (χ2v) is 8.54. The molecule has 3 aromatic carbocycles. The maximum Gasteiger partial charge on any atom is 0.196 e. The highest BCUT2D eigenvalue weighted by molar-refractivity contribution is 7.99. The van der Waals surface area contributed by atoms with Gasteiger partial charge < -0.3 is 14.2 Å². The average molecular weight is 482 g/mol. The molecule has 4 aromatic rings. The predicted octanol–water partition coefficient (Wildman–Crippen LogP) is 6.24. The Labute approximate surface area is 202 Å². The van der Waals surface area contributed by atoms with E-state index in [1.165, 1.54) is 0 Å². The molecular formula is C25H24ClN3O3S. The maximum absolute atomic E-state index is 6.28. The molecule has 0 amide bonds. The fourth-order valence-corrected chi connectivity index (χ4v) is 4.16. The van der Waals surface area contributed by atoms with Gasteiger partial charge in [0.05, 0.1) is 18.7 Å². The molecule has 0 bridgehead atoms. The van der Waals surface area contributed by atoms with Crippen LogP contribution < -0.4 is 14.2 Å². The number of ether oxygens (including phenoxy) is 3. The van der Waals surface area contributed by atoms with Crippen molar-refractivity contribution in [2.24, 2.45) is 0 Å². The van der Waals surface area contributed by atoms with E-state index in [1.54, 1.807) is 24.9 Å². The zero-order valence-corrected chi connectivity index (χ0v) is 19.9. The Morgan fingerprint density at radius 2 is 1.61 bits per heavy atom. The van der Waals surface area contributed by atoms with Gasteiger partial charge in [0.15, 0.2) is 17.1 Å². The number of halogens is 1. The van der Waals surface area contributed by atoms with E-state index in [9.17, 15) is 0 Å². The molecule has 0 saturated carbocycles. The Kier molecular flexibility index (Phi) is 7.75. The smallest absolute Gasteiger partial charge is 0.196 e. The first-order chi connectivity index (χ1) is 16.2. The van der Waals surface area contributed by atoms with E-state index in [4.69, 9.17) is 25.8 Å². The van der Waals surface area contributed by atoms with E-state index in [1.807, 2.05) is 84.3 Å². The molecule has 0 aliphatic heterocycles. The number of para-hydroxylation sites is 2. The zero-order chi connectivity index (χ0) is 23.0. The first-order valence-corrected chi connectivity index (χ1v) is 11.8. The lowest BCUT2D eigenvalue weighted by molar-refractivity contribution is 0.213. The summed E-state index contributed by atoms with van der Waals surface area (Å²) in [6.07, 6.45) is -0.359. The van der Waals surface area contributed by atoms with Crippen LogP contribution in [0.15, 0.2) is 84.0 Å². The van der Waals surface area contributed by atoms with Gasteiger partial charge in [-0.1, -0.05) is 53.7 Å². The molecule has 1 heterocycles. The largest absolute Gasteiger partial charge is 0.497 e. The summed E-state index contributed by atoms with van der Waals surface area (Å²) in [5.74, 6) is 3.60. The van der Waals surface area contributed by atoms with Gasteiger partial charge in [-0.2, -0.15) is 0 Å². The van der Waals surface area contributed by atoms with Gasteiger partial charge in [-0.15, -0.1) is 10.2 Å². The van der Waals surface area contributed by atoms with Crippen LogP contribution in [0.2, 0.25) is 5.02 Å². The van der Waals surface area contributed by atoms with Crippen LogP contribution in [-0.2, 0) is 0 Å². The third-order valence-corrected chi connectivity index (χ3v) is 6.02. The molecule has 1 unspecified atom stereocenters. The third-order valence-electron chi connectivity index (χ3n) is 4.82. The van der Waals surface area contributed by atoms with Gasteiger partial charge in [0.1, 0.15) is 17.2 Å². The van der Waals surface area contributed by atoms with Crippen LogP contribution in [0.1, 0.15) is 18.9 Å². The van der Waals surface area contributed by atoms with Gasteiger partial charge in [0.2, 0.25) is 0 Å². The molecule has 0 fully saturated rings. The number of hydrogen-bond donors (Lipinski definition) is 0. The first kappa shape index (κ1) is 23.0. The van der Waals surface area contributed by atoms with Crippen molar-refractivity contribution in [1.29, 1.82) is 0 Å². The predicted molar refractivity (Wildman–Crippen MR) is 131 cm³/mol. The van der Waals surface area contributed by atoms with Crippen molar-refractivity contribution in [1.82, 2.24) is 14.8 Å². The second-order valence-electron chi connectivity index (χ2n) is 7.07. The molecule has 170 valence electrons. The van der Waals surface area contributed by atoms with E-state index in [0.717, 1.165) is 22.3 Å². The summed E-state index contributed by atoms with van der Waals surface area (Å²) in [6.45, 7) is 2.47. The number of thioether (sulfide) groups is 1. The van der Waals surface area contributed by atoms with E-state index < -0.39 is 0 Å². The monoisotopic (exact) mass is 481 g/mol. The third kappa shape index (κ3) is 5.80. The molecular weight excluding hydrogens is 458 g/mol. The molecule has 4 rings (SSSR count). The Balaban J connectivity index is 1.48. The van der Waals surface area contributed by atoms with Crippen molar-refractivity contribution in [3.63, 3.8) is 0 Å². The summed E-state index contributed by atoms with van der Waals surface area (Å²) in [4.78, 5) is 0. The summed E-state index contributed by atoms with van der Waals surface area (Å²) in [7, 11) is 1.64. The Bertz CT molecular complexity index is 1170. The minimum atomic E-state index is -0.359. The van der Waals surface area contributed by atoms with Gasteiger partial charge in [-0.3, -0.25) is 4.57 Å². The van der Waals surface area contributed by atoms with Crippen LogP contribution in [-0.4, -0.2) is 34.2 Å². The Hall–Kier alpha value is -3.16. The van der Waals surface area contributed by atoms with E-state index >= 15 is 0 Å². The van der Waals surface area contributed by atoms with E-state index in [0.29, 0.717) is 29.0 Å². The summed E-state index contributed by atoms with van der Waals surface area (Å²) in [6, 6.07) is 24.9. The summed E-state index contributed by atoms with van der Waals surface area (Å²) in [5.41, 5.74) is 0.964. The fourth-order valence-electron chi connectivity index (χ4n) is 3.21. The Morgan fingerprint density at radius 1 is 0.909 bits per heavy atom. The number of rotatable bonds is 10. The zero-order valence-electron chi connectivity index (χ0n) is 18.3. The Morgan fingerprint density at radius 3 is 2.33 bits per heavy atom. The summed E-state index contributed by atoms with van der Waals surface area (Å²) < 4.78 is 19.1. The molecule has 1 aromatic heterocycles. The van der Waals surface area contributed by atoms with Crippen molar-refractivity contribution in [2.75, 3.05) is 19.5 Å². The molecule has 0 N–H and O–H groups in total. The standard InChI is InChI=1S/C25H24ClN3O3S/c1-18(32-23-11-7-6-10-22(23)26)24-27-28-25(29(24)19-8-4-3-5-9-19)33-17-16-31-21-14-12-20(30-2)13-15-21/h3-15,18H,16-17H2,1-2H3. The van der Waals surface area contributed by atoms with Crippen molar-refractivity contribution in [3.05, 3.63) is 89.7 Å². The van der Waals surface area contributed by atoms with Gasteiger partial charge >= 0.3 is 0 Å². The molecule has 6 nitrogen and oxygen atoms in total. The lowest BCUT2D eigenvalue weighted by atomic mass is 10.3. The van der Waals surface area contributed by atoms with Crippen LogP contribution in [0.4, 0.5) is 0 Å². The molecule has 0 spiro atoms. The van der Waals surface area contributed by atoms with Gasteiger partial charge in [-0.25, -0.2) is 0 Å². The van der Waals surface area contributed by atoms with Crippen molar-refractivity contribution < 1.29 is 14.2 Å². The van der Waals surface area contributed by atoms with Gasteiger partial charge in [0, 0.05) is 11.4 Å². The van der Waals surface area contributed by atoms with Crippen molar-refractivity contribution in [3.8, 4) is 22.9 Å². The maximum atomic E-state index is 6.28. The van der Waals surface area contributed by atoms with Crippen molar-refractivity contribution >= 4 is 23.4 Å². The highest BCUT2D eigenvalue weighted by atomic mass is 35.5. The number of hydrogen-bond acceptors (Lipinski definition) is 6. The molecule has 0 aliphatic carbocycles. The highest BCUT2D eigenvalue weighted by Crippen LogP contribution is 2.31. The number of benzene rings is 3. The topological polar surface area (TPSA) is 58.4 Å². The van der Waals surface area contributed by atoms with Crippen LogP contribution in [0.5, 0.6) is 17.2 Å². The number of nitrogens with zero attached hydrogens (tertiary/aromatic N) is 3. The SMILES string of the molecule is COc1ccc(OCCSc2nnc(C(C)Oc3ccccc3Cl)n2-c2ccccc2)cc1. The number of methoxy groups -OCH3 is 1. The lowest BCUT2D eigenvalue weighted by Crippen LogP contribution is -2.12. The molecule has 8 heteroatoms. The summed E-state index contributed by atoms with van der Waals surface area (Å²) >= 11 is 7.85. The van der Waals surface area contributed by atoms with Crippen LogP contribution in [0.3, 0.4) is 0 Å². The number of aromatic nitrogens is 3. The lowest BCUT2D eigenvalue weighted by Gasteiger charge is -2.17.